The van der Waals surface area contributed by atoms with E-state index in [0.29, 0.717) is 18.1 Å². The Hall–Kier alpha value is -2.27. The number of nitrogens with one attached hydrogen (secondary N) is 1. The molecule has 2 atom stereocenters. The molecular formula is C20H22FNO3. The van der Waals surface area contributed by atoms with Gasteiger partial charge in [-0.25, -0.2) is 0 Å². The Labute approximate surface area is 146 Å². The summed E-state index contributed by atoms with van der Waals surface area (Å²) >= 11 is 0. The van der Waals surface area contributed by atoms with Crippen LogP contribution in [0.25, 0.3) is 5.57 Å². The fourth-order valence-corrected chi connectivity index (χ4v) is 3.78. The molecule has 1 saturated carbocycles. The minimum atomic E-state index is -0.885. The number of hydrogen-bond donors (Lipinski definition) is 2. The summed E-state index contributed by atoms with van der Waals surface area (Å²) < 4.78 is 24.7. The first-order valence-electron chi connectivity index (χ1n) is 8.59. The quantitative estimate of drug-likeness (QED) is 0.823. The summed E-state index contributed by atoms with van der Waals surface area (Å²) in [5.41, 5.74) is 3.77. The van der Waals surface area contributed by atoms with E-state index >= 15 is 0 Å². The molecule has 0 radical (unpaired) electrons. The molecule has 4 rings (SSSR count). The van der Waals surface area contributed by atoms with E-state index in [9.17, 15) is 9.50 Å². The van der Waals surface area contributed by atoms with Gasteiger partial charge in [-0.3, -0.25) is 0 Å². The van der Waals surface area contributed by atoms with E-state index < -0.39 is 6.10 Å². The first-order chi connectivity index (χ1) is 12.1. The summed E-state index contributed by atoms with van der Waals surface area (Å²) in [5.74, 6) is 1.58. The number of methoxy groups -OCH3 is 2. The van der Waals surface area contributed by atoms with Crippen molar-refractivity contribution >= 4 is 5.57 Å². The first kappa shape index (κ1) is 16.2. The summed E-state index contributed by atoms with van der Waals surface area (Å²) in [6.45, 7) is 0. The third-order valence-corrected chi connectivity index (χ3v) is 5.23. The molecule has 1 heterocycles. The molecule has 2 aliphatic carbocycles. The molecular weight excluding hydrogens is 321 g/mol. The highest BCUT2D eigenvalue weighted by atomic mass is 19.1. The number of allylic oxidation sites excluding steroid dienone is 2. The normalized spacial score (nSPS) is 25.6. The lowest BCUT2D eigenvalue weighted by molar-refractivity contribution is 0.141. The summed E-state index contributed by atoms with van der Waals surface area (Å²) in [4.78, 5) is 0. The highest BCUT2D eigenvalue weighted by Crippen LogP contribution is 2.46. The Balaban J connectivity index is 1.75. The van der Waals surface area contributed by atoms with Crippen LogP contribution in [0, 0.1) is 0 Å². The predicted molar refractivity (Wildman–Crippen MR) is 93.7 cm³/mol. The Bertz CT molecular complexity index is 792. The maximum absolute atomic E-state index is 13.6. The molecule has 5 heteroatoms. The Kier molecular flexibility index (Phi) is 4.04. The van der Waals surface area contributed by atoms with Gasteiger partial charge in [0.15, 0.2) is 5.95 Å². The van der Waals surface area contributed by atoms with Crippen LogP contribution in [0.2, 0.25) is 0 Å². The van der Waals surface area contributed by atoms with Gasteiger partial charge in [0.25, 0.3) is 0 Å². The standard InChI is InChI=1S/C20H22FNO3/c1-24-17-9-12(5-6-13(17)11-3-4-11)15-10-16-14(7-8-18(21)22-16)19(23)20(15)25-2/h5-9,11,16,19,22-23H,3-4,10H2,1-2H3. The zero-order valence-corrected chi connectivity index (χ0v) is 14.4. The Morgan fingerprint density at radius 2 is 1.96 bits per heavy atom. The van der Waals surface area contributed by atoms with E-state index in [2.05, 4.69) is 11.4 Å². The molecule has 0 amide bonds. The van der Waals surface area contributed by atoms with Crippen molar-refractivity contribution in [3.8, 4) is 5.75 Å². The molecule has 0 bridgehead atoms. The molecule has 1 aromatic carbocycles. The van der Waals surface area contributed by atoms with Crippen LogP contribution in [0.5, 0.6) is 5.75 Å². The number of dihydropyridines is 1. The molecule has 1 fully saturated rings. The lowest BCUT2D eigenvalue weighted by Gasteiger charge is -2.35. The molecule has 0 aromatic heterocycles. The maximum Gasteiger partial charge on any atom is 0.187 e. The molecule has 1 aromatic rings. The molecule has 2 unspecified atom stereocenters. The van der Waals surface area contributed by atoms with Gasteiger partial charge >= 0.3 is 0 Å². The van der Waals surface area contributed by atoms with Gasteiger partial charge in [0.2, 0.25) is 0 Å². The SMILES string of the molecule is COC1=C(c2ccc(C3CC3)c(OC)c2)CC2NC(F)=CC=C2C1O. The van der Waals surface area contributed by atoms with Crippen LogP contribution in [0.4, 0.5) is 4.39 Å². The minimum Gasteiger partial charge on any atom is -0.498 e. The molecule has 0 saturated heterocycles. The Morgan fingerprint density at radius 1 is 1.16 bits per heavy atom. The molecule has 25 heavy (non-hydrogen) atoms. The van der Waals surface area contributed by atoms with Crippen LogP contribution in [0.1, 0.15) is 36.3 Å². The zero-order chi connectivity index (χ0) is 17.6. The number of ether oxygens (including phenoxy) is 2. The van der Waals surface area contributed by atoms with Crippen molar-refractivity contribution in [2.45, 2.75) is 37.3 Å². The second-order valence-electron chi connectivity index (χ2n) is 6.76. The van der Waals surface area contributed by atoms with E-state index in [1.807, 2.05) is 12.1 Å². The van der Waals surface area contributed by atoms with Crippen molar-refractivity contribution in [1.82, 2.24) is 5.32 Å². The largest absolute Gasteiger partial charge is 0.498 e. The van der Waals surface area contributed by atoms with Crippen molar-refractivity contribution in [3.05, 3.63) is 58.8 Å². The number of benzene rings is 1. The van der Waals surface area contributed by atoms with Crippen molar-refractivity contribution in [2.75, 3.05) is 14.2 Å². The average molecular weight is 343 g/mol. The van der Waals surface area contributed by atoms with Crippen molar-refractivity contribution in [2.24, 2.45) is 0 Å². The lowest BCUT2D eigenvalue weighted by atomic mass is 9.82. The summed E-state index contributed by atoms with van der Waals surface area (Å²) in [6, 6.07) is 5.86. The Morgan fingerprint density at radius 3 is 2.64 bits per heavy atom. The second kappa shape index (κ2) is 6.23. The second-order valence-corrected chi connectivity index (χ2v) is 6.76. The fourth-order valence-electron chi connectivity index (χ4n) is 3.78. The number of rotatable bonds is 4. The number of fused-ring (bicyclic) bond motifs is 1. The molecule has 0 spiro atoms. The summed E-state index contributed by atoms with van der Waals surface area (Å²) in [5, 5.41) is 13.5. The van der Waals surface area contributed by atoms with Gasteiger partial charge in [-0.05, 0) is 47.6 Å². The maximum atomic E-state index is 13.6. The topological polar surface area (TPSA) is 50.7 Å². The molecule has 3 aliphatic rings. The van der Waals surface area contributed by atoms with Gasteiger partial charge in [-0.15, -0.1) is 0 Å². The van der Waals surface area contributed by atoms with Crippen LogP contribution in [0.3, 0.4) is 0 Å². The van der Waals surface area contributed by atoms with Crippen LogP contribution in [0.15, 0.2) is 47.6 Å². The fraction of sp³-hybridized carbons (Fsp3) is 0.400. The van der Waals surface area contributed by atoms with E-state index in [0.717, 1.165) is 22.5 Å². The van der Waals surface area contributed by atoms with Crippen LogP contribution in [-0.4, -0.2) is 31.5 Å². The number of aliphatic hydroxyl groups is 1. The van der Waals surface area contributed by atoms with Crippen molar-refractivity contribution < 1.29 is 19.0 Å². The van der Waals surface area contributed by atoms with Crippen molar-refractivity contribution in [1.29, 1.82) is 0 Å². The van der Waals surface area contributed by atoms with Gasteiger partial charge in [0.1, 0.15) is 17.6 Å². The van der Waals surface area contributed by atoms with Gasteiger partial charge in [-0.1, -0.05) is 18.2 Å². The van der Waals surface area contributed by atoms with Crippen molar-refractivity contribution in [3.63, 3.8) is 0 Å². The van der Waals surface area contributed by atoms with Gasteiger partial charge in [-0.2, -0.15) is 4.39 Å². The highest BCUT2D eigenvalue weighted by molar-refractivity contribution is 5.73. The monoisotopic (exact) mass is 343 g/mol. The first-order valence-corrected chi connectivity index (χ1v) is 8.59. The summed E-state index contributed by atoms with van der Waals surface area (Å²) in [6.07, 6.45) is 5.02. The third-order valence-electron chi connectivity index (χ3n) is 5.23. The van der Waals surface area contributed by atoms with Gasteiger partial charge in [0, 0.05) is 12.0 Å². The van der Waals surface area contributed by atoms with Crippen LogP contribution >= 0.6 is 0 Å². The average Bonchev–Trinajstić information content (AvgIpc) is 3.45. The highest BCUT2D eigenvalue weighted by Gasteiger charge is 2.36. The van der Waals surface area contributed by atoms with E-state index in [-0.39, 0.29) is 12.0 Å². The number of hydrogen-bond acceptors (Lipinski definition) is 4. The van der Waals surface area contributed by atoms with E-state index in [1.54, 1.807) is 20.3 Å². The smallest absolute Gasteiger partial charge is 0.187 e. The number of halogens is 1. The predicted octanol–water partition coefficient (Wildman–Crippen LogP) is 3.40. The molecule has 132 valence electrons. The summed E-state index contributed by atoms with van der Waals surface area (Å²) in [7, 11) is 3.23. The van der Waals surface area contributed by atoms with E-state index in [1.165, 1.54) is 24.5 Å². The molecule has 4 nitrogen and oxygen atoms in total. The van der Waals surface area contributed by atoms with Gasteiger partial charge < -0.3 is 19.9 Å². The minimum absolute atomic E-state index is 0.275. The zero-order valence-electron chi connectivity index (χ0n) is 14.4. The van der Waals surface area contributed by atoms with Crippen LogP contribution < -0.4 is 10.1 Å². The number of aliphatic hydroxyl groups excluding tert-OH is 1. The van der Waals surface area contributed by atoms with Crippen LogP contribution in [-0.2, 0) is 4.74 Å². The van der Waals surface area contributed by atoms with E-state index in [4.69, 9.17) is 9.47 Å². The van der Waals surface area contributed by atoms with Gasteiger partial charge in [0.05, 0.1) is 20.3 Å². The molecule has 2 N–H and O–H groups in total. The molecule has 1 aliphatic heterocycles. The third kappa shape index (κ3) is 2.82. The lowest BCUT2D eigenvalue weighted by Crippen LogP contribution is -2.40.